The maximum Gasteiger partial charge on any atom is 0.308 e. The van der Waals surface area contributed by atoms with Gasteiger partial charge >= 0.3 is 5.97 Å². The molecule has 0 heterocycles. The molecule has 0 bridgehead atoms. The molecule has 13 heteroatoms. The molecular formula is C30H56O13. The summed E-state index contributed by atoms with van der Waals surface area (Å²) in [4.78, 5) is 22.8. The Morgan fingerprint density at radius 2 is 0.744 bits per heavy atom. The van der Waals surface area contributed by atoms with E-state index in [1.54, 1.807) is 6.92 Å². The van der Waals surface area contributed by atoms with E-state index in [1.807, 2.05) is 13.8 Å². The molecule has 0 aromatic rings. The summed E-state index contributed by atoms with van der Waals surface area (Å²) in [6.45, 7) is 18.1. The van der Waals surface area contributed by atoms with Crippen molar-refractivity contribution < 1.29 is 61.7 Å². The van der Waals surface area contributed by atoms with Gasteiger partial charge in [0.15, 0.2) is 5.78 Å². The van der Waals surface area contributed by atoms with Crippen molar-refractivity contribution in [3.63, 3.8) is 0 Å². The minimum atomic E-state index is -0.187. The van der Waals surface area contributed by atoms with Crippen molar-refractivity contribution >= 4 is 11.8 Å². The predicted octanol–water partition coefficient (Wildman–Crippen LogP) is 1.89. The van der Waals surface area contributed by atoms with E-state index >= 15 is 0 Å². The number of carbonyl (C=O) groups is 2. The average molecular weight is 625 g/mol. The topological polar surface area (TPSA) is 136 Å². The van der Waals surface area contributed by atoms with Crippen LogP contribution in [-0.2, 0) is 61.7 Å². The fourth-order valence-corrected chi connectivity index (χ4v) is 2.78. The van der Waals surface area contributed by atoms with E-state index in [-0.39, 0.29) is 30.9 Å². The van der Waals surface area contributed by atoms with E-state index in [0.29, 0.717) is 131 Å². The van der Waals surface area contributed by atoms with Gasteiger partial charge in [-0.1, -0.05) is 20.4 Å². The largest absolute Gasteiger partial charge is 0.463 e. The molecule has 0 aliphatic heterocycles. The number of Topliss-reactive ketones (excluding diaryl/α,β-unsaturated/α-hetero) is 1. The Hall–Kier alpha value is -1.52. The number of carbonyl (C=O) groups excluding carboxylic acids is 2. The van der Waals surface area contributed by atoms with Crippen LogP contribution in [0.2, 0.25) is 0 Å². The van der Waals surface area contributed by atoms with E-state index in [1.165, 1.54) is 0 Å². The van der Waals surface area contributed by atoms with Crippen molar-refractivity contribution in [2.75, 3.05) is 139 Å². The molecule has 0 amide bonds. The van der Waals surface area contributed by atoms with Crippen molar-refractivity contribution in [2.45, 2.75) is 27.2 Å². The predicted molar refractivity (Wildman–Crippen MR) is 158 cm³/mol. The van der Waals surface area contributed by atoms with Crippen LogP contribution in [0.15, 0.2) is 12.2 Å². The highest BCUT2D eigenvalue weighted by atomic mass is 16.6. The third-order valence-corrected chi connectivity index (χ3v) is 5.54. The van der Waals surface area contributed by atoms with Gasteiger partial charge in [0.2, 0.25) is 0 Å². The first-order valence-electron chi connectivity index (χ1n) is 15.1. The van der Waals surface area contributed by atoms with E-state index in [0.717, 1.165) is 6.42 Å². The van der Waals surface area contributed by atoms with Crippen LogP contribution in [0, 0.1) is 5.92 Å². The van der Waals surface area contributed by atoms with E-state index < -0.39 is 0 Å². The van der Waals surface area contributed by atoms with Gasteiger partial charge in [0, 0.05) is 0 Å². The molecule has 0 aliphatic rings. The molecule has 43 heavy (non-hydrogen) atoms. The Kier molecular flexibility index (Phi) is 32.2. The lowest BCUT2D eigenvalue weighted by molar-refractivity contribution is -0.149. The lowest BCUT2D eigenvalue weighted by Crippen LogP contribution is -2.18. The maximum absolute atomic E-state index is 11.5. The number of hydrogen-bond donors (Lipinski definition) is 0. The highest BCUT2D eigenvalue weighted by Crippen LogP contribution is 2.02. The Morgan fingerprint density at radius 3 is 1.00 bits per heavy atom. The molecule has 0 saturated carbocycles. The smallest absolute Gasteiger partial charge is 0.308 e. The van der Waals surface area contributed by atoms with Gasteiger partial charge in [0.1, 0.15) is 13.2 Å². The summed E-state index contributed by atoms with van der Waals surface area (Å²) in [5, 5.41) is 0. The first-order valence-corrected chi connectivity index (χ1v) is 15.1. The van der Waals surface area contributed by atoms with Gasteiger partial charge in [0.05, 0.1) is 131 Å². The van der Waals surface area contributed by atoms with Crippen LogP contribution < -0.4 is 0 Å². The van der Waals surface area contributed by atoms with Gasteiger partial charge in [-0.05, 0) is 18.9 Å². The van der Waals surface area contributed by atoms with Crippen LogP contribution in [0.1, 0.15) is 27.2 Å². The second-order valence-electron chi connectivity index (χ2n) is 9.24. The molecule has 0 saturated heterocycles. The Morgan fingerprint density at radius 1 is 0.488 bits per heavy atom. The standard InChI is InChI=1S/C30H56O13/c1-5-28(4)30(32)43-25-24-41-21-20-39-17-16-37-13-12-35-9-8-33-6-7-34-10-11-36-14-15-38-18-19-40-22-23-42-26-29(31)27(2)3/h28H,2,5-26H2,1,3-4H3. The second kappa shape index (κ2) is 33.4. The molecule has 254 valence electrons. The van der Waals surface area contributed by atoms with Crippen molar-refractivity contribution in [3.05, 3.63) is 12.2 Å². The molecule has 0 fully saturated rings. The fourth-order valence-electron chi connectivity index (χ4n) is 2.78. The summed E-state index contributed by atoms with van der Waals surface area (Å²) >= 11 is 0. The summed E-state index contributed by atoms with van der Waals surface area (Å²) in [5.41, 5.74) is 0.489. The Balaban J connectivity index is 3.11. The fraction of sp³-hybridized carbons (Fsp3) is 0.867. The van der Waals surface area contributed by atoms with E-state index in [9.17, 15) is 9.59 Å². The number of ketones is 1. The maximum atomic E-state index is 11.5. The molecule has 1 unspecified atom stereocenters. The van der Waals surface area contributed by atoms with Crippen LogP contribution in [0.5, 0.6) is 0 Å². The molecule has 0 rings (SSSR count). The van der Waals surface area contributed by atoms with Gasteiger partial charge in [-0.25, -0.2) is 0 Å². The zero-order chi connectivity index (χ0) is 31.6. The highest BCUT2D eigenvalue weighted by molar-refractivity contribution is 5.95. The average Bonchev–Trinajstić information content (AvgIpc) is 3.00. The lowest BCUT2D eigenvalue weighted by Gasteiger charge is -2.10. The monoisotopic (exact) mass is 624 g/mol. The SMILES string of the molecule is C=C(C)C(=O)COCCOCCOCCOCCOCCOCCOCCOCCOCCOCCOC(=O)C(C)CC. The molecule has 0 aromatic carbocycles. The highest BCUT2D eigenvalue weighted by Gasteiger charge is 2.11. The molecule has 0 aliphatic carbocycles. The normalized spacial score (nSPS) is 12.0. The minimum absolute atomic E-state index is 0.0372. The van der Waals surface area contributed by atoms with Crippen LogP contribution in [0.4, 0.5) is 0 Å². The van der Waals surface area contributed by atoms with Crippen LogP contribution >= 0.6 is 0 Å². The third-order valence-electron chi connectivity index (χ3n) is 5.54. The van der Waals surface area contributed by atoms with Crippen molar-refractivity contribution in [1.29, 1.82) is 0 Å². The minimum Gasteiger partial charge on any atom is -0.463 e. The Labute approximate surface area is 257 Å². The van der Waals surface area contributed by atoms with Gasteiger partial charge in [0.25, 0.3) is 0 Å². The zero-order valence-corrected chi connectivity index (χ0v) is 26.6. The van der Waals surface area contributed by atoms with E-state index in [4.69, 9.17) is 52.1 Å². The van der Waals surface area contributed by atoms with Crippen molar-refractivity contribution in [2.24, 2.45) is 5.92 Å². The Bertz CT molecular complexity index is 648. The molecule has 0 radical (unpaired) electrons. The number of ether oxygens (including phenoxy) is 11. The quantitative estimate of drug-likeness (QED) is 0.0577. The number of rotatable bonds is 35. The summed E-state index contributed by atoms with van der Waals surface area (Å²) in [6, 6.07) is 0. The summed E-state index contributed by atoms with van der Waals surface area (Å²) in [7, 11) is 0. The third kappa shape index (κ3) is 31.7. The lowest BCUT2D eigenvalue weighted by atomic mass is 10.1. The first kappa shape index (κ1) is 41.5. The van der Waals surface area contributed by atoms with Crippen LogP contribution in [0.25, 0.3) is 0 Å². The molecule has 0 spiro atoms. The van der Waals surface area contributed by atoms with Crippen LogP contribution in [0.3, 0.4) is 0 Å². The molecular weight excluding hydrogens is 568 g/mol. The second-order valence-corrected chi connectivity index (χ2v) is 9.24. The summed E-state index contributed by atoms with van der Waals surface area (Å²) < 4.78 is 59.1. The molecule has 13 nitrogen and oxygen atoms in total. The molecule has 0 N–H and O–H groups in total. The van der Waals surface area contributed by atoms with E-state index in [2.05, 4.69) is 6.58 Å². The summed E-state index contributed by atoms with van der Waals surface area (Å²) in [6.07, 6.45) is 0.768. The van der Waals surface area contributed by atoms with Crippen molar-refractivity contribution in [3.8, 4) is 0 Å². The molecule has 1 atom stereocenters. The first-order chi connectivity index (χ1) is 21.0. The van der Waals surface area contributed by atoms with Crippen LogP contribution in [-0.4, -0.2) is 150 Å². The van der Waals surface area contributed by atoms with Gasteiger partial charge in [-0.3, -0.25) is 9.59 Å². The zero-order valence-electron chi connectivity index (χ0n) is 26.6. The van der Waals surface area contributed by atoms with Gasteiger partial charge in [-0.2, -0.15) is 0 Å². The molecule has 0 aromatic heterocycles. The van der Waals surface area contributed by atoms with Crippen molar-refractivity contribution in [1.82, 2.24) is 0 Å². The van der Waals surface area contributed by atoms with Gasteiger partial charge in [-0.15, -0.1) is 0 Å². The van der Waals surface area contributed by atoms with Gasteiger partial charge < -0.3 is 52.1 Å². The summed E-state index contributed by atoms with van der Waals surface area (Å²) in [5.74, 6) is -0.363. The number of hydrogen-bond acceptors (Lipinski definition) is 13. The number of esters is 1.